The van der Waals surface area contributed by atoms with Crippen LogP contribution in [-0.2, 0) is 19.6 Å². The van der Waals surface area contributed by atoms with Gasteiger partial charge in [0.1, 0.15) is 0 Å². The van der Waals surface area contributed by atoms with E-state index in [4.69, 9.17) is 0 Å². The number of aliphatic hydroxyl groups is 1. The van der Waals surface area contributed by atoms with E-state index in [0.717, 1.165) is 4.31 Å². The molecule has 8 nitrogen and oxygen atoms in total. The van der Waals surface area contributed by atoms with Gasteiger partial charge in [-0.25, -0.2) is 12.7 Å². The molecule has 9 heteroatoms. The van der Waals surface area contributed by atoms with Gasteiger partial charge in [0, 0.05) is 32.7 Å². The molecular formula is C17H26N2O6S. The monoisotopic (exact) mass is 386 g/mol. The molecule has 146 valence electrons. The summed E-state index contributed by atoms with van der Waals surface area (Å²) in [5.74, 6) is -1.42. The molecule has 0 aliphatic heterocycles. The Labute approximate surface area is 154 Å². The number of esters is 1. The number of sulfonamides is 1. The number of hydrogen-bond donors (Lipinski definition) is 1. The molecule has 0 fully saturated rings. The normalized spacial score (nSPS) is 14.0. The molecule has 1 N–H and O–H groups in total. The maximum atomic E-state index is 12.7. The quantitative estimate of drug-likeness (QED) is 0.655. The van der Waals surface area contributed by atoms with E-state index in [0.29, 0.717) is 0 Å². The summed E-state index contributed by atoms with van der Waals surface area (Å²) in [6.45, 7) is 3.28. The number of rotatable bonds is 8. The Balaban J connectivity index is 3.06. The molecule has 0 aromatic heterocycles. The van der Waals surface area contributed by atoms with Crippen LogP contribution in [0.25, 0.3) is 0 Å². The van der Waals surface area contributed by atoms with Crippen LogP contribution in [0.1, 0.15) is 24.2 Å². The maximum absolute atomic E-state index is 12.7. The van der Waals surface area contributed by atoms with Crippen LogP contribution in [0.3, 0.4) is 0 Å². The number of nitrogens with zero attached hydrogens (tertiary/aromatic N) is 2. The number of aliphatic hydroxyl groups excluding tert-OH is 1. The predicted octanol–water partition coefficient (Wildman–Crippen LogP) is 0.569. The minimum absolute atomic E-state index is 0.0396. The molecule has 2 unspecified atom stereocenters. The fourth-order valence-electron chi connectivity index (χ4n) is 2.33. The van der Waals surface area contributed by atoms with Crippen LogP contribution in [0.2, 0.25) is 0 Å². The maximum Gasteiger partial charge on any atom is 0.310 e. The largest absolute Gasteiger partial charge is 0.469 e. The summed E-state index contributed by atoms with van der Waals surface area (Å²) in [5, 5.41) is 9.64. The number of benzene rings is 1. The van der Waals surface area contributed by atoms with Gasteiger partial charge < -0.3 is 14.7 Å². The Kier molecular flexibility index (Phi) is 7.73. The second kappa shape index (κ2) is 9.11. The van der Waals surface area contributed by atoms with Crippen LogP contribution in [-0.4, -0.2) is 75.0 Å². The Morgan fingerprint density at radius 2 is 1.65 bits per heavy atom. The minimum atomic E-state index is -3.58. The molecule has 0 saturated heterocycles. The molecular weight excluding hydrogens is 360 g/mol. The second-order valence-electron chi connectivity index (χ2n) is 6.30. The average Bonchev–Trinajstić information content (AvgIpc) is 2.59. The van der Waals surface area contributed by atoms with Crippen molar-refractivity contribution >= 4 is 21.9 Å². The van der Waals surface area contributed by atoms with Crippen molar-refractivity contribution in [3.63, 3.8) is 0 Å². The predicted molar refractivity (Wildman–Crippen MR) is 96.1 cm³/mol. The van der Waals surface area contributed by atoms with Gasteiger partial charge in [-0.05, 0) is 31.2 Å². The van der Waals surface area contributed by atoms with Crippen molar-refractivity contribution in [1.82, 2.24) is 9.21 Å². The molecule has 0 spiro atoms. The first kappa shape index (κ1) is 22.1. The zero-order chi connectivity index (χ0) is 20.1. The molecule has 0 aliphatic carbocycles. The molecule has 1 rings (SSSR count). The fourth-order valence-corrected chi connectivity index (χ4v) is 3.23. The van der Waals surface area contributed by atoms with Gasteiger partial charge in [0.25, 0.3) is 5.91 Å². The van der Waals surface area contributed by atoms with Crippen LogP contribution in [0.15, 0.2) is 29.2 Å². The van der Waals surface area contributed by atoms with E-state index in [1.165, 1.54) is 57.3 Å². The molecule has 0 heterocycles. The Morgan fingerprint density at radius 1 is 1.12 bits per heavy atom. The lowest BCUT2D eigenvalue weighted by Crippen LogP contribution is -2.41. The molecule has 1 amide bonds. The third kappa shape index (κ3) is 5.52. The molecule has 1 aromatic rings. The van der Waals surface area contributed by atoms with Crippen molar-refractivity contribution in [2.45, 2.75) is 24.8 Å². The first-order chi connectivity index (χ1) is 12.0. The topological polar surface area (TPSA) is 104 Å². The van der Waals surface area contributed by atoms with E-state index < -0.39 is 33.9 Å². The molecule has 26 heavy (non-hydrogen) atoms. The van der Waals surface area contributed by atoms with Crippen LogP contribution < -0.4 is 0 Å². The van der Waals surface area contributed by atoms with Crippen molar-refractivity contribution in [3.8, 4) is 0 Å². The summed E-state index contributed by atoms with van der Waals surface area (Å²) < 4.78 is 29.9. The van der Waals surface area contributed by atoms with Crippen LogP contribution >= 0.6 is 0 Å². The van der Waals surface area contributed by atoms with E-state index in [1.807, 2.05) is 0 Å². The highest BCUT2D eigenvalue weighted by atomic mass is 32.2. The average molecular weight is 386 g/mol. The van der Waals surface area contributed by atoms with Crippen molar-refractivity contribution in [1.29, 1.82) is 0 Å². The molecule has 0 radical (unpaired) electrons. The zero-order valence-corrected chi connectivity index (χ0v) is 16.5. The first-order valence-corrected chi connectivity index (χ1v) is 9.52. The standard InChI is InChI=1S/C17H26N2O6S/c1-12(17(22)25-5)10-19(11-13(2)20)16(21)14-6-8-15(9-7-14)26(23,24)18(3)4/h6-9,12-13,20H,10-11H2,1-5H3. The van der Waals surface area contributed by atoms with Gasteiger partial charge in [0.05, 0.1) is 24.0 Å². The second-order valence-corrected chi connectivity index (χ2v) is 8.45. The summed E-state index contributed by atoms with van der Waals surface area (Å²) in [7, 11) is 0.530. The highest BCUT2D eigenvalue weighted by Gasteiger charge is 2.24. The lowest BCUT2D eigenvalue weighted by Gasteiger charge is -2.26. The van der Waals surface area contributed by atoms with Crippen molar-refractivity contribution in [3.05, 3.63) is 29.8 Å². The van der Waals surface area contributed by atoms with E-state index in [1.54, 1.807) is 6.92 Å². The summed E-state index contributed by atoms with van der Waals surface area (Å²) in [6, 6.07) is 5.53. The molecule has 1 aromatic carbocycles. The van der Waals surface area contributed by atoms with E-state index >= 15 is 0 Å². The van der Waals surface area contributed by atoms with Gasteiger partial charge in [-0.3, -0.25) is 9.59 Å². The number of amides is 1. The van der Waals surface area contributed by atoms with Crippen molar-refractivity contribution < 1.29 is 27.9 Å². The number of methoxy groups -OCH3 is 1. The highest BCUT2D eigenvalue weighted by molar-refractivity contribution is 7.89. The van der Waals surface area contributed by atoms with E-state index in [-0.39, 0.29) is 23.5 Å². The number of hydrogen-bond acceptors (Lipinski definition) is 6. The summed E-state index contributed by atoms with van der Waals surface area (Å²) in [6.07, 6.45) is -0.780. The van der Waals surface area contributed by atoms with E-state index in [9.17, 15) is 23.1 Å². The number of ether oxygens (including phenoxy) is 1. The van der Waals surface area contributed by atoms with Gasteiger partial charge in [-0.15, -0.1) is 0 Å². The number of carbonyl (C=O) groups excluding carboxylic acids is 2. The van der Waals surface area contributed by atoms with Gasteiger partial charge >= 0.3 is 5.97 Å². The van der Waals surface area contributed by atoms with Crippen LogP contribution in [0, 0.1) is 5.92 Å². The fraction of sp³-hybridized carbons (Fsp3) is 0.529. The number of carbonyl (C=O) groups is 2. The summed E-state index contributed by atoms with van der Waals surface area (Å²) in [4.78, 5) is 25.8. The molecule has 0 saturated carbocycles. The highest BCUT2D eigenvalue weighted by Crippen LogP contribution is 2.16. The summed E-state index contributed by atoms with van der Waals surface area (Å²) >= 11 is 0. The molecule has 0 aliphatic rings. The minimum Gasteiger partial charge on any atom is -0.469 e. The van der Waals surface area contributed by atoms with Crippen LogP contribution in [0.5, 0.6) is 0 Å². The Morgan fingerprint density at radius 3 is 2.08 bits per heavy atom. The smallest absolute Gasteiger partial charge is 0.310 e. The Bertz CT molecular complexity index is 728. The van der Waals surface area contributed by atoms with Gasteiger partial charge in [0.2, 0.25) is 10.0 Å². The van der Waals surface area contributed by atoms with Crippen LogP contribution in [0.4, 0.5) is 0 Å². The van der Waals surface area contributed by atoms with Gasteiger partial charge in [-0.2, -0.15) is 0 Å². The van der Waals surface area contributed by atoms with E-state index in [2.05, 4.69) is 4.74 Å². The third-order valence-electron chi connectivity index (χ3n) is 3.75. The van der Waals surface area contributed by atoms with Crippen molar-refractivity contribution in [2.75, 3.05) is 34.3 Å². The SMILES string of the molecule is COC(=O)C(C)CN(CC(C)O)C(=O)c1ccc(S(=O)(=O)N(C)C)cc1. The third-order valence-corrected chi connectivity index (χ3v) is 5.58. The lowest BCUT2D eigenvalue weighted by molar-refractivity contribution is -0.145. The molecule has 0 bridgehead atoms. The first-order valence-electron chi connectivity index (χ1n) is 8.08. The lowest BCUT2D eigenvalue weighted by atomic mass is 10.1. The Hall–Kier alpha value is -1.97. The van der Waals surface area contributed by atoms with Gasteiger partial charge in [0.15, 0.2) is 0 Å². The molecule has 2 atom stereocenters. The van der Waals surface area contributed by atoms with Gasteiger partial charge in [-0.1, -0.05) is 6.92 Å². The zero-order valence-electron chi connectivity index (χ0n) is 15.7. The van der Waals surface area contributed by atoms with Crippen molar-refractivity contribution in [2.24, 2.45) is 5.92 Å². The summed E-state index contributed by atoms with van der Waals surface area (Å²) in [5.41, 5.74) is 0.264.